The number of benzene rings is 4. The van der Waals surface area contributed by atoms with Crippen molar-refractivity contribution >= 4 is 21.6 Å². The van der Waals surface area contributed by atoms with Crippen LogP contribution in [0.3, 0.4) is 0 Å². The molecule has 0 saturated carbocycles. The molecule has 0 bridgehead atoms. The summed E-state index contributed by atoms with van der Waals surface area (Å²) in [5.41, 5.74) is 5.41. The molecule has 0 saturated heterocycles. The van der Waals surface area contributed by atoms with Gasteiger partial charge in [-0.2, -0.15) is 0 Å². The molecule has 0 fully saturated rings. The van der Waals surface area contributed by atoms with Crippen LogP contribution in [0.15, 0.2) is 102 Å². The summed E-state index contributed by atoms with van der Waals surface area (Å²) in [4.78, 5) is 17.7. The third-order valence-corrected chi connectivity index (χ3v) is 9.90. The summed E-state index contributed by atoms with van der Waals surface area (Å²) in [5, 5.41) is 9.97. The van der Waals surface area contributed by atoms with E-state index in [4.69, 9.17) is 4.74 Å². The van der Waals surface area contributed by atoms with Gasteiger partial charge in [-0.05, 0) is 67.9 Å². The molecule has 0 aliphatic carbocycles. The fourth-order valence-electron chi connectivity index (χ4n) is 5.76. The van der Waals surface area contributed by atoms with E-state index in [0.29, 0.717) is 36.6 Å². The molecule has 4 aromatic carbocycles. The Hall–Kier alpha value is -4.18. The Morgan fingerprint density at radius 2 is 1.65 bits per heavy atom. The van der Waals surface area contributed by atoms with Crippen molar-refractivity contribution in [1.29, 1.82) is 0 Å². The van der Waals surface area contributed by atoms with Crippen molar-refractivity contribution in [3.8, 4) is 16.9 Å². The van der Waals surface area contributed by atoms with E-state index in [9.17, 15) is 18.3 Å². The molecular formula is C37H43N3O5S. The van der Waals surface area contributed by atoms with Gasteiger partial charge in [0.25, 0.3) is 10.0 Å². The number of hydrogen-bond acceptors (Lipinski definition) is 6. The molecule has 1 amide bonds. The Kier molecular flexibility index (Phi) is 10.5. The number of sulfonamides is 1. The largest absolute Gasteiger partial charge is 0.488 e. The minimum absolute atomic E-state index is 0.0167. The van der Waals surface area contributed by atoms with E-state index in [1.165, 1.54) is 16.7 Å². The Morgan fingerprint density at radius 3 is 2.33 bits per heavy atom. The van der Waals surface area contributed by atoms with Crippen LogP contribution in [0, 0.1) is 12.8 Å². The molecule has 1 aliphatic rings. The fourth-order valence-corrected chi connectivity index (χ4v) is 6.81. The second kappa shape index (κ2) is 14.5. The number of fused-ring (bicyclic) bond motifs is 1. The fraction of sp³-hybridized carbons (Fsp3) is 0.324. The van der Waals surface area contributed by atoms with Crippen LogP contribution in [0.25, 0.3) is 11.1 Å². The zero-order chi connectivity index (χ0) is 32.8. The molecule has 5 rings (SSSR count). The summed E-state index contributed by atoms with van der Waals surface area (Å²) < 4.78 is 35.5. The molecule has 0 spiro atoms. The Bertz CT molecular complexity index is 1730. The number of anilines is 1. The van der Waals surface area contributed by atoms with E-state index < -0.39 is 10.0 Å². The van der Waals surface area contributed by atoms with E-state index in [0.717, 1.165) is 5.56 Å². The van der Waals surface area contributed by atoms with E-state index >= 15 is 0 Å². The van der Waals surface area contributed by atoms with Gasteiger partial charge in [0.1, 0.15) is 11.9 Å². The monoisotopic (exact) mass is 641 g/mol. The van der Waals surface area contributed by atoms with Gasteiger partial charge in [-0.25, -0.2) is 8.42 Å². The average Bonchev–Trinajstić information content (AvgIpc) is 3.08. The highest BCUT2D eigenvalue weighted by Crippen LogP contribution is 2.30. The maximum Gasteiger partial charge on any atom is 0.261 e. The molecule has 0 aromatic heterocycles. The molecule has 46 heavy (non-hydrogen) atoms. The van der Waals surface area contributed by atoms with Crippen LogP contribution in [0.4, 0.5) is 5.69 Å². The van der Waals surface area contributed by atoms with Gasteiger partial charge in [-0.3, -0.25) is 14.4 Å². The first-order valence-electron chi connectivity index (χ1n) is 15.6. The number of rotatable bonds is 10. The molecule has 3 atom stereocenters. The second-order valence-corrected chi connectivity index (χ2v) is 14.1. The Morgan fingerprint density at radius 1 is 0.978 bits per heavy atom. The number of likely N-dealkylation sites (N-methyl/N-ethyl adjacent to an activating group) is 1. The summed E-state index contributed by atoms with van der Waals surface area (Å²) in [6, 6.07) is 30.2. The van der Waals surface area contributed by atoms with Crippen molar-refractivity contribution in [2.45, 2.75) is 50.8 Å². The lowest BCUT2D eigenvalue weighted by Crippen LogP contribution is -2.47. The molecule has 242 valence electrons. The normalized spacial score (nSPS) is 17.8. The number of nitrogens with one attached hydrogen (secondary N) is 1. The molecule has 1 aliphatic heterocycles. The highest BCUT2D eigenvalue weighted by Gasteiger charge is 2.31. The Labute approximate surface area is 272 Å². The van der Waals surface area contributed by atoms with Gasteiger partial charge in [0, 0.05) is 36.8 Å². The molecule has 2 N–H and O–H groups in total. The van der Waals surface area contributed by atoms with Crippen molar-refractivity contribution < 1.29 is 23.1 Å². The van der Waals surface area contributed by atoms with Crippen LogP contribution in [0.1, 0.15) is 30.5 Å². The highest BCUT2D eigenvalue weighted by atomic mass is 32.2. The first-order chi connectivity index (χ1) is 22.0. The van der Waals surface area contributed by atoms with Gasteiger partial charge < -0.3 is 14.7 Å². The van der Waals surface area contributed by atoms with Crippen molar-refractivity contribution in [2.75, 3.05) is 31.5 Å². The molecule has 1 heterocycles. The van der Waals surface area contributed by atoms with Gasteiger partial charge in [0.15, 0.2) is 0 Å². The van der Waals surface area contributed by atoms with Gasteiger partial charge in [0.2, 0.25) is 5.91 Å². The number of aliphatic hydroxyl groups is 1. The second-order valence-electron chi connectivity index (χ2n) is 12.4. The van der Waals surface area contributed by atoms with Crippen molar-refractivity contribution in [1.82, 2.24) is 9.80 Å². The first-order valence-corrected chi connectivity index (χ1v) is 17.1. The Balaban J connectivity index is 1.37. The number of aliphatic hydroxyl groups excluding tert-OH is 1. The van der Waals surface area contributed by atoms with Crippen molar-refractivity contribution in [3.05, 3.63) is 114 Å². The lowest BCUT2D eigenvalue weighted by molar-refractivity contribution is -0.134. The molecule has 0 unspecified atom stereocenters. The summed E-state index contributed by atoms with van der Waals surface area (Å²) in [5.74, 6) is 0.346. The lowest BCUT2D eigenvalue weighted by atomic mass is 10.0. The quantitative estimate of drug-likeness (QED) is 0.229. The number of hydrogen-bond donors (Lipinski definition) is 2. The van der Waals surface area contributed by atoms with Crippen LogP contribution in [0.5, 0.6) is 5.75 Å². The summed E-state index contributed by atoms with van der Waals surface area (Å²) >= 11 is 0. The summed E-state index contributed by atoms with van der Waals surface area (Å²) in [6.07, 6.45) is -0.259. The van der Waals surface area contributed by atoms with Crippen LogP contribution in [0.2, 0.25) is 0 Å². The predicted molar refractivity (Wildman–Crippen MR) is 182 cm³/mol. The lowest BCUT2D eigenvalue weighted by Gasteiger charge is -2.34. The topological polar surface area (TPSA) is 99.2 Å². The third kappa shape index (κ3) is 8.15. The highest BCUT2D eigenvalue weighted by molar-refractivity contribution is 7.92. The smallest absolute Gasteiger partial charge is 0.261 e. The number of carbonyl (C=O) groups is 1. The first kappa shape index (κ1) is 33.2. The molecule has 8 nitrogen and oxygen atoms in total. The zero-order valence-corrected chi connectivity index (χ0v) is 27.7. The van der Waals surface area contributed by atoms with Crippen LogP contribution in [-0.2, 0) is 27.8 Å². The van der Waals surface area contributed by atoms with Crippen LogP contribution >= 0.6 is 0 Å². The third-order valence-electron chi connectivity index (χ3n) is 8.51. The van der Waals surface area contributed by atoms with Crippen LogP contribution < -0.4 is 9.46 Å². The number of ether oxygens (including phenoxy) is 1. The van der Waals surface area contributed by atoms with Gasteiger partial charge >= 0.3 is 0 Å². The number of nitrogens with zero attached hydrogens (tertiary/aromatic N) is 2. The van der Waals surface area contributed by atoms with E-state index in [-0.39, 0.29) is 41.9 Å². The zero-order valence-electron chi connectivity index (χ0n) is 26.9. The summed E-state index contributed by atoms with van der Waals surface area (Å²) in [7, 11) is -1.78. The number of carbonyl (C=O) groups excluding carboxylic acids is 1. The minimum Gasteiger partial charge on any atom is -0.488 e. The number of amides is 1. The van der Waals surface area contributed by atoms with E-state index in [1.807, 2.05) is 32.0 Å². The standard InChI is InChI=1S/C37H43N3O5S/c1-26-10-17-34(18-11-26)46(43,44)38-33-16-19-35-32(20-33)21-37(42)40(28(3)25-41)22-27(2)36(45-35)24-39(4)23-29-12-14-31(15-13-29)30-8-6-5-7-9-30/h5-20,27-28,36,38,41H,21-25H2,1-4H3/t27-,28-,36+/m1/s1. The average molecular weight is 642 g/mol. The van der Waals surface area contributed by atoms with E-state index in [1.54, 1.807) is 47.4 Å². The predicted octanol–water partition coefficient (Wildman–Crippen LogP) is 5.74. The van der Waals surface area contributed by atoms with Crippen molar-refractivity contribution in [2.24, 2.45) is 5.92 Å². The maximum absolute atomic E-state index is 13.6. The molecular weight excluding hydrogens is 598 g/mol. The van der Waals surface area contributed by atoms with Gasteiger partial charge in [0.05, 0.1) is 24.0 Å². The molecule has 0 radical (unpaired) electrons. The minimum atomic E-state index is -3.83. The number of aryl methyl sites for hydroxylation is 1. The van der Waals surface area contributed by atoms with E-state index in [2.05, 4.69) is 60.0 Å². The van der Waals surface area contributed by atoms with Crippen molar-refractivity contribution in [3.63, 3.8) is 0 Å². The van der Waals surface area contributed by atoms with Crippen LogP contribution in [-0.4, -0.2) is 68.1 Å². The SMILES string of the molecule is Cc1ccc(S(=O)(=O)Nc2ccc3c(c2)CC(=O)N([C@H](C)CO)C[C@@H](C)[C@H](CN(C)Cc2ccc(-c4ccccc4)cc2)O3)cc1. The molecule has 9 heteroatoms. The summed E-state index contributed by atoms with van der Waals surface area (Å²) in [6.45, 7) is 7.36. The molecule has 4 aromatic rings. The van der Waals surface area contributed by atoms with Gasteiger partial charge in [-0.15, -0.1) is 0 Å². The maximum atomic E-state index is 13.6. The van der Waals surface area contributed by atoms with Gasteiger partial charge in [-0.1, -0.05) is 79.2 Å².